The molecule has 1 amide bonds. The van der Waals surface area contributed by atoms with Crippen LogP contribution in [0.15, 0.2) is 30.3 Å². The predicted molar refractivity (Wildman–Crippen MR) is 105 cm³/mol. The molecule has 1 aromatic carbocycles. The van der Waals surface area contributed by atoms with Crippen LogP contribution in [0.1, 0.15) is 44.2 Å². The van der Waals surface area contributed by atoms with Crippen molar-refractivity contribution in [2.45, 2.75) is 38.6 Å². The maximum absolute atomic E-state index is 12.0. The minimum absolute atomic E-state index is 0. The van der Waals surface area contributed by atoms with Gasteiger partial charge in [0.15, 0.2) is 0 Å². The van der Waals surface area contributed by atoms with Gasteiger partial charge in [-0.15, -0.1) is 24.8 Å². The van der Waals surface area contributed by atoms with Gasteiger partial charge >= 0.3 is 0 Å². The first-order chi connectivity index (χ1) is 10.7. The van der Waals surface area contributed by atoms with Gasteiger partial charge in [-0.3, -0.25) is 4.79 Å². The summed E-state index contributed by atoms with van der Waals surface area (Å²) in [5.41, 5.74) is 7.09. The van der Waals surface area contributed by atoms with Crippen molar-refractivity contribution in [3.8, 4) is 0 Å². The fourth-order valence-electron chi connectivity index (χ4n) is 3.10. The smallest absolute Gasteiger partial charge is 0.221 e. The Morgan fingerprint density at radius 1 is 1.25 bits per heavy atom. The average molecular weight is 376 g/mol. The summed E-state index contributed by atoms with van der Waals surface area (Å²) in [5, 5.41) is 3.02. The lowest BCUT2D eigenvalue weighted by atomic mass is 9.93. The van der Waals surface area contributed by atoms with E-state index in [0.717, 1.165) is 31.0 Å². The first kappa shape index (κ1) is 23.2. The highest BCUT2D eigenvalue weighted by Gasteiger charge is 2.18. The predicted octanol–water partition coefficient (Wildman–Crippen LogP) is 3.16. The minimum Gasteiger partial charge on any atom is -0.356 e. The van der Waals surface area contributed by atoms with E-state index in [0.29, 0.717) is 6.42 Å². The van der Waals surface area contributed by atoms with Gasteiger partial charge in [0.2, 0.25) is 5.91 Å². The molecule has 0 spiro atoms. The Hall–Kier alpha value is -0.810. The molecule has 4 nitrogen and oxygen atoms in total. The zero-order valence-electron chi connectivity index (χ0n) is 14.4. The van der Waals surface area contributed by atoms with Crippen LogP contribution < -0.4 is 11.1 Å². The SMILES string of the molecule is CCN1CCC(CCNC(=O)CC(N)c2ccccc2)CC1.Cl.Cl. The molecule has 1 heterocycles. The molecular weight excluding hydrogens is 345 g/mol. The Morgan fingerprint density at radius 2 is 1.88 bits per heavy atom. The molecule has 1 fully saturated rings. The second-order valence-corrected chi connectivity index (χ2v) is 6.24. The number of nitrogens with zero attached hydrogens (tertiary/aromatic N) is 1. The van der Waals surface area contributed by atoms with E-state index < -0.39 is 0 Å². The van der Waals surface area contributed by atoms with E-state index in [4.69, 9.17) is 5.73 Å². The zero-order valence-corrected chi connectivity index (χ0v) is 16.1. The van der Waals surface area contributed by atoms with Crippen LogP contribution in [0.4, 0.5) is 0 Å². The minimum atomic E-state index is -0.214. The topological polar surface area (TPSA) is 58.4 Å². The van der Waals surface area contributed by atoms with Crippen molar-refractivity contribution in [2.24, 2.45) is 11.7 Å². The molecule has 0 saturated carbocycles. The van der Waals surface area contributed by atoms with Gasteiger partial charge < -0.3 is 16.0 Å². The van der Waals surface area contributed by atoms with Gasteiger partial charge in [-0.05, 0) is 50.4 Å². The second kappa shape index (κ2) is 12.5. The van der Waals surface area contributed by atoms with Gasteiger partial charge in [-0.1, -0.05) is 37.3 Å². The molecule has 2 rings (SSSR count). The van der Waals surface area contributed by atoms with Gasteiger partial charge in [0, 0.05) is 19.0 Å². The van der Waals surface area contributed by atoms with Crippen molar-refractivity contribution < 1.29 is 4.79 Å². The number of likely N-dealkylation sites (tertiary alicyclic amines) is 1. The molecule has 0 radical (unpaired) electrons. The lowest BCUT2D eigenvalue weighted by molar-refractivity contribution is -0.121. The lowest BCUT2D eigenvalue weighted by Crippen LogP contribution is -2.35. The first-order valence-corrected chi connectivity index (χ1v) is 8.48. The number of hydrogen-bond acceptors (Lipinski definition) is 3. The molecule has 1 aliphatic heterocycles. The van der Waals surface area contributed by atoms with E-state index in [2.05, 4.69) is 17.1 Å². The van der Waals surface area contributed by atoms with E-state index in [9.17, 15) is 4.79 Å². The van der Waals surface area contributed by atoms with Crippen molar-refractivity contribution in [1.29, 1.82) is 0 Å². The molecule has 1 saturated heterocycles. The number of amides is 1. The highest BCUT2D eigenvalue weighted by Crippen LogP contribution is 2.19. The fraction of sp³-hybridized carbons (Fsp3) is 0.611. The molecule has 1 aromatic rings. The Bertz CT molecular complexity index is 451. The summed E-state index contributed by atoms with van der Waals surface area (Å²) in [6.45, 7) is 6.55. The van der Waals surface area contributed by atoms with E-state index in [1.54, 1.807) is 0 Å². The third kappa shape index (κ3) is 7.84. The monoisotopic (exact) mass is 375 g/mol. The highest BCUT2D eigenvalue weighted by atomic mass is 35.5. The van der Waals surface area contributed by atoms with Crippen LogP contribution in [0, 0.1) is 5.92 Å². The zero-order chi connectivity index (χ0) is 15.8. The number of halogens is 2. The standard InChI is InChI=1S/C18H29N3O.2ClH/c1-2-21-12-9-15(10-13-21)8-11-20-18(22)14-17(19)16-6-4-3-5-7-16;;/h3-7,15,17H,2,8-14,19H2,1H3,(H,20,22);2*1H. The molecule has 0 bridgehead atoms. The summed E-state index contributed by atoms with van der Waals surface area (Å²) in [6, 6.07) is 9.60. The molecule has 1 unspecified atom stereocenters. The first-order valence-electron chi connectivity index (χ1n) is 8.48. The molecule has 6 heteroatoms. The molecule has 3 N–H and O–H groups in total. The van der Waals surface area contributed by atoms with Crippen molar-refractivity contribution in [1.82, 2.24) is 10.2 Å². The Labute approximate surface area is 158 Å². The lowest BCUT2D eigenvalue weighted by Gasteiger charge is -2.31. The number of nitrogens with two attached hydrogens (primary N) is 1. The number of benzene rings is 1. The number of carbonyl (C=O) groups is 1. The van der Waals surface area contributed by atoms with E-state index in [-0.39, 0.29) is 36.8 Å². The van der Waals surface area contributed by atoms with Gasteiger partial charge in [0.25, 0.3) is 0 Å². The van der Waals surface area contributed by atoms with Crippen LogP contribution in [-0.4, -0.2) is 37.0 Å². The van der Waals surface area contributed by atoms with Crippen molar-refractivity contribution >= 4 is 30.7 Å². The summed E-state index contributed by atoms with van der Waals surface area (Å²) < 4.78 is 0. The van der Waals surface area contributed by atoms with Crippen LogP contribution in [0.2, 0.25) is 0 Å². The van der Waals surface area contributed by atoms with Crippen LogP contribution in [0.5, 0.6) is 0 Å². The van der Waals surface area contributed by atoms with E-state index in [1.807, 2.05) is 30.3 Å². The maximum atomic E-state index is 12.0. The van der Waals surface area contributed by atoms with Crippen molar-refractivity contribution in [2.75, 3.05) is 26.2 Å². The number of piperidine rings is 1. The van der Waals surface area contributed by atoms with Crippen LogP contribution in [0.25, 0.3) is 0 Å². The van der Waals surface area contributed by atoms with Crippen LogP contribution in [0.3, 0.4) is 0 Å². The Morgan fingerprint density at radius 3 is 2.46 bits per heavy atom. The van der Waals surface area contributed by atoms with Gasteiger partial charge in [0.05, 0.1) is 0 Å². The normalized spacial score (nSPS) is 16.6. The van der Waals surface area contributed by atoms with Crippen molar-refractivity contribution in [3.05, 3.63) is 35.9 Å². The third-order valence-corrected chi connectivity index (χ3v) is 4.66. The molecular formula is C18H31Cl2N3O. The summed E-state index contributed by atoms with van der Waals surface area (Å²) >= 11 is 0. The quantitative estimate of drug-likeness (QED) is 0.769. The molecule has 1 atom stereocenters. The van der Waals surface area contributed by atoms with E-state index >= 15 is 0 Å². The van der Waals surface area contributed by atoms with Gasteiger partial charge in [-0.25, -0.2) is 0 Å². The molecule has 0 aromatic heterocycles. The highest BCUT2D eigenvalue weighted by molar-refractivity contribution is 5.85. The Balaban J connectivity index is 0.00000264. The summed E-state index contributed by atoms with van der Waals surface area (Å²) in [5.74, 6) is 0.813. The average Bonchev–Trinajstić information content (AvgIpc) is 2.56. The third-order valence-electron chi connectivity index (χ3n) is 4.66. The molecule has 1 aliphatic rings. The van der Waals surface area contributed by atoms with Gasteiger partial charge in [-0.2, -0.15) is 0 Å². The number of hydrogen-bond donors (Lipinski definition) is 2. The van der Waals surface area contributed by atoms with Crippen LogP contribution >= 0.6 is 24.8 Å². The maximum Gasteiger partial charge on any atom is 0.221 e. The van der Waals surface area contributed by atoms with Crippen LogP contribution in [-0.2, 0) is 4.79 Å². The van der Waals surface area contributed by atoms with Gasteiger partial charge in [0.1, 0.15) is 0 Å². The summed E-state index contributed by atoms with van der Waals surface area (Å²) in [6.07, 6.45) is 3.96. The molecule has 24 heavy (non-hydrogen) atoms. The van der Waals surface area contributed by atoms with E-state index in [1.165, 1.54) is 25.9 Å². The number of carbonyl (C=O) groups excluding carboxylic acids is 1. The summed E-state index contributed by atoms with van der Waals surface area (Å²) in [7, 11) is 0. The number of rotatable bonds is 7. The molecule has 138 valence electrons. The molecule has 0 aliphatic carbocycles. The Kier molecular flexibility index (Phi) is 12.1. The largest absolute Gasteiger partial charge is 0.356 e. The summed E-state index contributed by atoms with van der Waals surface area (Å²) in [4.78, 5) is 14.5. The van der Waals surface area contributed by atoms with Crippen molar-refractivity contribution in [3.63, 3.8) is 0 Å². The number of nitrogens with one attached hydrogen (secondary N) is 1. The second-order valence-electron chi connectivity index (χ2n) is 6.24. The fourth-order valence-corrected chi connectivity index (χ4v) is 3.10.